The molecule has 19 heavy (non-hydrogen) atoms. The lowest BCUT2D eigenvalue weighted by molar-refractivity contribution is 0.558. The van der Waals surface area contributed by atoms with Crippen LogP contribution in [0.5, 0.6) is 0 Å². The Morgan fingerprint density at radius 2 is 1.89 bits per heavy atom. The molecule has 2 aromatic rings. The van der Waals surface area contributed by atoms with Crippen LogP contribution in [0.3, 0.4) is 0 Å². The molecule has 3 heteroatoms. The quantitative estimate of drug-likeness (QED) is 0.803. The van der Waals surface area contributed by atoms with Gasteiger partial charge in [-0.25, -0.2) is 0 Å². The Bertz CT molecular complexity index is 497. The number of benzene rings is 1. The third-order valence-electron chi connectivity index (χ3n) is 3.40. The highest BCUT2D eigenvalue weighted by Gasteiger charge is 1.99. The molecule has 0 saturated heterocycles. The van der Waals surface area contributed by atoms with Crippen LogP contribution in [-0.2, 0) is 13.0 Å². The average Bonchev–Trinajstić information content (AvgIpc) is 2.81. The van der Waals surface area contributed by atoms with Gasteiger partial charge >= 0.3 is 0 Å². The summed E-state index contributed by atoms with van der Waals surface area (Å²) in [6.07, 6.45) is 7.03. The second kappa shape index (κ2) is 6.41. The molecule has 2 N–H and O–H groups in total. The van der Waals surface area contributed by atoms with Crippen molar-refractivity contribution < 1.29 is 0 Å². The van der Waals surface area contributed by atoms with E-state index in [4.69, 9.17) is 5.73 Å². The largest absolute Gasteiger partial charge is 0.396 e. The summed E-state index contributed by atoms with van der Waals surface area (Å²) in [5.74, 6) is 0.610. The van der Waals surface area contributed by atoms with E-state index in [1.165, 1.54) is 17.5 Å². The van der Waals surface area contributed by atoms with Gasteiger partial charge in [-0.15, -0.1) is 0 Å². The fourth-order valence-corrected chi connectivity index (χ4v) is 2.17. The summed E-state index contributed by atoms with van der Waals surface area (Å²) in [6, 6.07) is 8.99. The number of aryl methyl sites for hydroxylation is 2. The fraction of sp³-hybridized carbons (Fsp3) is 0.438. The van der Waals surface area contributed by atoms with Crippen LogP contribution >= 0.6 is 0 Å². The Kier molecular flexibility index (Phi) is 4.61. The molecule has 0 aliphatic heterocycles. The maximum Gasteiger partial charge on any atom is 0.0719 e. The molecule has 0 aliphatic carbocycles. The van der Waals surface area contributed by atoms with Gasteiger partial charge in [0.25, 0.3) is 0 Å². The molecule has 0 atom stereocenters. The lowest BCUT2D eigenvalue weighted by Gasteiger charge is -2.07. The molecule has 0 unspecified atom stereocenters. The maximum absolute atomic E-state index is 5.63. The molecule has 3 nitrogen and oxygen atoms in total. The maximum atomic E-state index is 5.63. The normalized spacial score (nSPS) is 11.1. The second-order valence-corrected chi connectivity index (χ2v) is 5.39. The van der Waals surface area contributed by atoms with E-state index in [9.17, 15) is 0 Å². The third kappa shape index (κ3) is 4.12. The van der Waals surface area contributed by atoms with Crippen molar-refractivity contribution in [2.45, 2.75) is 45.6 Å². The highest BCUT2D eigenvalue weighted by atomic mass is 15.3. The van der Waals surface area contributed by atoms with Crippen molar-refractivity contribution in [3.63, 3.8) is 0 Å². The van der Waals surface area contributed by atoms with Gasteiger partial charge in [0, 0.05) is 12.7 Å². The monoisotopic (exact) mass is 257 g/mol. The van der Waals surface area contributed by atoms with Crippen molar-refractivity contribution in [3.8, 4) is 0 Å². The first-order chi connectivity index (χ1) is 9.15. The predicted octanol–water partition coefficient (Wildman–Crippen LogP) is 3.61. The molecule has 0 fully saturated rings. The summed E-state index contributed by atoms with van der Waals surface area (Å²) < 4.78 is 1.91. The Morgan fingerprint density at radius 1 is 1.16 bits per heavy atom. The number of rotatable bonds is 6. The van der Waals surface area contributed by atoms with Crippen molar-refractivity contribution in [3.05, 3.63) is 47.8 Å². The number of aromatic nitrogens is 2. The van der Waals surface area contributed by atoms with Crippen molar-refractivity contribution in [1.82, 2.24) is 9.78 Å². The van der Waals surface area contributed by atoms with Gasteiger partial charge in [0.05, 0.1) is 11.9 Å². The van der Waals surface area contributed by atoms with Gasteiger partial charge in [0.1, 0.15) is 0 Å². The minimum absolute atomic E-state index is 0.610. The average molecular weight is 257 g/mol. The van der Waals surface area contributed by atoms with E-state index >= 15 is 0 Å². The number of unbranched alkanes of at least 4 members (excludes halogenated alkanes) is 1. The van der Waals surface area contributed by atoms with Gasteiger partial charge in [0.2, 0.25) is 0 Å². The molecule has 102 valence electrons. The van der Waals surface area contributed by atoms with Crippen molar-refractivity contribution in [2.24, 2.45) is 0 Å². The van der Waals surface area contributed by atoms with Crippen LogP contribution < -0.4 is 5.73 Å². The Labute approximate surface area is 115 Å². The Morgan fingerprint density at radius 3 is 2.47 bits per heavy atom. The minimum Gasteiger partial charge on any atom is -0.396 e. The lowest BCUT2D eigenvalue weighted by atomic mass is 10.00. The van der Waals surface area contributed by atoms with Gasteiger partial charge in [-0.1, -0.05) is 38.1 Å². The third-order valence-corrected chi connectivity index (χ3v) is 3.40. The van der Waals surface area contributed by atoms with Crippen LogP contribution in [0.25, 0.3) is 0 Å². The van der Waals surface area contributed by atoms with E-state index in [2.05, 4.69) is 43.2 Å². The molecule has 0 amide bonds. The zero-order chi connectivity index (χ0) is 13.7. The second-order valence-electron chi connectivity index (χ2n) is 5.39. The van der Waals surface area contributed by atoms with Gasteiger partial charge in [-0.2, -0.15) is 5.10 Å². The highest BCUT2D eigenvalue weighted by Crippen LogP contribution is 2.15. The smallest absolute Gasteiger partial charge is 0.0719 e. The first-order valence-corrected chi connectivity index (χ1v) is 7.02. The lowest BCUT2D eigenvalue weighted by Crippen LogP contribution is -1.99. The molecular formula is C16H23N3. The molecule has 0 saturated carbocycles. The summed E-state index contributed by atoms with van der Waals surface area (Å²) in [7, 11) is 0. The first-order valence-electron chi connectivity index (χ1n) is 7.02. The summed E-state index contributed by atoms with van der Waals surface area (Å²) >= 11 is 0. The summed E-state index contributed by atoms with van der Waals surface area (Å²) in [5, 5.41) is 4.18. The van der Waals surface area contributed by atoms with Crippen LogP contribution in [0, 0.1) is 0 Å². The van der Waals surface area contributed by atoms with Crippen LogP contribution in [0.4, 0.5) is 5.69 Å². The molecule has 1 aromatic heterocycles. The summed E-state index contributed by atoms with van der Waals surface area (Å²) in [6.45, 7) is 5.40. The zero-order valence-electron chi connectivity index (χ0n) is 11.8. The number of hydrogen-bond acceptors (Lipinski definition) is 2. The van der Waals surface area contributed by atoms with E-state index in [-0.39, 0.29) is 0 Å². The number of anilines is 1. The van der Waals surface area contributed by atoms with Gasteiger partial charge in [-0.05, 0) is 36.3 Å². The number of hydrogen-bond donors (Lipinski definition) is 1. The molecule has 0 bridgehead atoms. The predicted molar refractivity (Wildman–Crippen MR) is 80.1 cm³/mol. The first kappa shape index (κ1) is 13.7. The molecule has 0 aliphatic rings. The fourth-order valence-electron chi connectivity index (χ4n) is 2.17. The SMILES string of the molecule is CC(C)c1ccc(CCCCn2cc(N)cn2)cc1. The van der Waals surface area contributed by atoms with Crippen LogP contribution in [-0.4, -0.2) is 9.78 Å². The van der Waals surface area contributed by atoms with E-state index in [1.807, 2.05) is 10.9 Å². The zero-order valence-corrected chi connectivity index (χ0v) is 11.8. The number of nitrogen functional groups attached to an aromatic ring is 1. The van der Waals surface area contributed by atoms with Gasteiger partial charge in [-0.3, -0.25) is 4.68 Å². The van der Waals surface area contributed by atoms with Crippen molar-refractivity contribution >= 4 is 5.69 Å². The van der Waals surface area contributed by atoms with Crippen LogP contribution in [0.1, 0.15) is 43.7 Å². The highest BCUT2D eigenvalue weighted by molar-refractivity contribution is 5.30. The minimum atomic E-state index is 0.610. The Balaban J connectivity index is 1.73. The van der Waals surface area contributed by atoms with Gasteiger partial charge in [0.15, 0.2) is 0 Å². The molecule has 1 heterocycles. The number of nitrogens with zero attached hydrogens (tertiary/aromatic N) is 2. The summed E-state index contributed by atoms with van der Waals surface area (Å²) in [5.41, 5.74) is 9.20. The van der Waals surface area contributed by atoms with Gasteiger partial charge < -0.3 is 5.73 Å². The Hall–Kier alpha value is -1.77. The molecule has 0 spiro atoms. The van der Waals surface area contributed by atoms with Crippen LogP contribution in [0.15, 0.2) is 36.7 Å². The van der Waals surface area contributed by atoms with Crippen LogP contribution in [0.2, 0.25) is 0 Å². The van der Waals surface area contributed by atoms with E-state index in [0.717, 1.165) is 25.1 Å². The molecule has 0 radical (unpaired) electrons. The molecular weight excluding hydrogens is 234 g/mol. The van der Waals surface area contributed by atoms with Crippen molar-refractivity contribution in [2.75, 3.05) is 5.73 Å². The van der Waals surface area contributed by atoms with E-state index in [1.54, 1.807) is 6.20 Å². The van der Waals surface area contributed by atoms with E-state index in [0.29, 0.717) is 5.92 Å². The topological polar surface area (TPSA) is 43.8 Å². The standard InChI is InChI=1S/C16H23N3/c1-13(2)15-8-6-14(7-9-15)5-3-4-10-19-12-16(17)11-18-19/h6-9,11-13H,3-5,10,17H2,1-2H3. The van der Waals surface area contributed by atoms with E-state index < -0.39 is 0 Å². The number of nitrogens with two attached hydrogens (primary N) is 1. The molecule has 2 rings (SSSR count). The van der Waals surface area contributed by atoms with Crippen molar-refractivity contribution in [1.29, 1.82) is 0 Å². The molecule has 1 aromatic carbocycles. The summed E-state index contributed by atoms with van der Waals surface area (Å²) in [4.78, 5) is 0.